The van der Waals surface area contributed by atoms with Crippen molar-refractivity contribution in [1.29, 1.82) is 0 Å². The van der Waals surface area contributed by atoms with Crippen LogP contribution in [0.25, 0.3) is 11.0 Å². The third-order valence-electron chi connectivity index (χ3n) is 8.51. The van der Waals surface area contributed by atoms with Gasteiger partial charge in [0.25, 0.3) is 0 Å². The van der Waals surface area contributed by atoms with Crippen LogP contribution in [0.1, 0.15) is 31.4 Å². The van der Waals surface area contributed by atoms with E-state index in [0.29, 0.717) is 23.9 Å². The molecule has 2 aromatic carbocycles. The third-order valence-corrected chi connectivity index (χ3v) is 8.51. The Kier molecular flexibility index (Phi) is 5.73. The summed E-state index contributed by atoms with van der Waals surface area (Å²) in [5, 5.41) is 24.4. The summed E-state index contributed by atoms with van der Waals surface area (Å²) in [6, 6.07) is 14.7. The number of carbonyl (C=O) groups excluding carboxylic acids is 3. The molecule has 2 bridgehead atoms. The molecule has 11 heteroatoms. The fourth-order valence-electron chi connectivity index (χ4n) is 6.87. The lowest BCUT2D eigenvalue weighted by molar-refractivity contribution is -0.150. The number of nitrogens with zero attached hydrogens (tertiary/aromatic N) is 4. The highest BCUT2D eigenvalue weighted by Gasteiger charge is 2.78. The van der Waals surface area contributed by atoms with Gasteiger partial charge in [-0.1, -0.05) is 47.7 Å². The van der Waals surface area contributed by atoms with Gasteiger partial charge in [-0.15, -0.1) is 5.10 Å². The summed E-state index contributed by atoms with van der Waals surface area (Å²) < 4.78 is 8.15. The molecule has 3 amide bonds. The molecule has 6 atom stereocenters. The molecule has 38 heavy (non-hydrogen) atoms. The number of fused-ring (bicyclic) bond motifs is 2. The standard InChI is InChI=1S/C27H30N6O5/c1-26-12-13-27(38-26)21(20(26)23(35)28-2)25(37)33(19(14-34)16-8-4-3-5-9-16)22(27)24(36)29-15-32-18-11-7-6-10-17(18)30-31-32/h3-11,19-22,34H,12-15H2,1-2H3,(H,28,35)(H,29,36)/t19-,20+,21+,22?,26-,27?/m1/s1. The van der Waals surface area contributed by atoms with E-state index in [4.69, 9.17) is 4.74 Å². The van der Waals surface area contributed by atoms with Crippen molar-refractivity contribution in [2.24, 2.45) is 11.8 Å². The average molecular weight is 519 g/mol. The van der Waals surface area contributed by atoms with Crippen LogP contribution in [0.3, 0.4) is 0 Å². The second kappa shape index (κ2) is 8.88. The van der Waals surface area contributed by atoms with E-state index in [1.807, 2.05) is 61.5 Å². The van der Waals surface area contributed by atoms with Crippen LogP contribution in [0, 0.1) is 11.8 Å². The molecule has 6 rings (SSSR count). The molecule has 0 saturated carbocycles. The summed E-state index contributed by atoms with van der Waals surface area (Å²) in [5.41, 5.74) is 0.0820. The summed E-state index contributed by atoms with van der Waals surface area (Å²) in [4.78, 5) is 42.7. The van der Waals surface area contributed by atoms with Crippen molar-refractivity contribution in [3.8, 4) is 0 Å². The monoisotopic (exact) mass is 518 g/mol. The Morgan fingerprint density at radius 1 is 1.13 bits per heavy atom. The van der Waals surface area contributed by atoms with E-state index in [9.17, 15) is 19.5 Å². The number of hydrogen-bond acceptors (Lipinski definition) is 7. The number of carbonyl (C=O) groups is 3. The van der Waals surface area contributed by atoms with Crippen molar-refractivity contribution in [1.82, 2.24) is 30.5 Å². The molecule has 3 saturated heterocycles. The third kappa shape index (κ3) is 3.38. The lowest BCUT2D eigenvalue weighted by Crippen LogP contribution is -2.56. The smallest absolute Gasteiger partial charge is 0.247 e. The normalized spacial score (nSPS) is 30.4. The van der Waals surface area contributed by atoms with E-state index in [1.165, 1.54) is 11.9 Å². The number of ether oxygens (including phenoxy) is 1. The highest BCUT2D eigenvalue weighted by molar-refractivity contribution is 5.99. The summed E-state index contributed by atoms with van der Waals surface area (Å²) in [7, 11) is 1.54. The molecular weight excluding hydrogens is 488 g/mol. The minimum atomic E-state index is -1.19. The molecule has 3 fully saturated rings. The largest absolute Gasteiger partial charge is 0.394 e. The molecule has 4 heterocycles. The van der Waals surface area contributed by atoms with E-state index < -0.39 is 47.6 Å². The first kappa shape index (κ1) is 24.5. The quantitative estimate of drug-likeness (QED) is 0.420. The Morgan fingerprint density at radius 3 is 2.61 bits per heavy atom. The maximum atomic E-state index is 14.2. The van der Waals surface area contributed by atoms with Crippen LogP contribution in [-0.2, 0) is 25.8 Å². The van der Waals surface area contributed by atoms with Gasteiger partial charge in [0.2, 0.25) is 17.7 Å². The van der Waals surface area contributed by atoms with Gasteiger partial charge in [0.1, 0.15) is 23.8 Å². The van der Waals surface area contributed by atoms with Crippen LogP contribution in [-0.4, -0.2) is 73.6 Å². The van der Waals surface area contributed by atoms with Gasteiger partial charge < -0.3 is 25.4 Å². The number of rotatable bonds is 7. The second-order valence-corrected chi connectivity index (χ2v) is 10.5. The van der Waals surface area contributed by atoms with Gasteiger partial charge >= 0.3 is 0 Å². The predicted molar refractivity (Wildman–Crippen MR) is 135 cm³/mol. The molecular formula is C27H30N6O5. The summed E-state index contributed by atoms with van der Waals surface area (Å²) in [6.45, 7) is 1.48. The molecule has 3 aromatic rings. The summed E-state index contributed by atoms with van der Waals surface area (Å²) >= 11 is 0. The molecule has 3 N–H and O–H groups in total. The zero-order valence-electron chi connectivity index (χ0n) is 21.2. The van der Waals surface area contributed by atoms with E-state index in [-0.39, 0.29) is 18.5 Å². The topological polar surface area (TPSA) is 139 Å². The average Bonchev–Trinajstić information content (AvgIpc) is 3.64. The number of hydrogen-bond donors (Lipinski definition) is 3. The van der Waals surface area contributed by atoms with Crippen molar-refractivity contribution in [2.75, 3.05) is 13.7 Å². The van der Waals surface area contributed by atoms with Crippen molar-refractivity contribution >= 4 is 28.8 Å². The lowest BCUT2D eigenvalue weighted by Gasteiger charge is -2.37. The molecule has 198 valence electrons. The highest BCUT2D eigenvalue weighted by atomic mass is 16.5. The Bertz CT molecular complexity index is 1410. The first-order valence-corrected chi connectivity index (χ1v) is 12.8. The minimum Gasteiger partial charge on any atom is -0.394 e. The number of nitrogens with one attached hydrogen (secondary N) is 2. The molecule has 2 unspecified atom stereocenters. The number of likely N-dealkylation sites (tertiary alicyclic amines) is 1. The first-order valence-electron chi connectivity index (χ1n) is 12.8. The fourth-order valence-corrected chi connectivity index (χ4v) is 6.87. The van der Waals surface area contributed by atoms with Gasteiger partial charge in [0, 0.05) is 7.05 Å². The van der Waals surface area contributed by atoms with Gasteiger partial charge in [-0.25, -0.2) is 4.68 Å². The Morgan fingerprint density at radius 2 is 1.87 bits per heavy atom. The molecule has 3 aliphatic rings. The Labute approximate surface area is 219 Å². The molecule has 11 nitrogen and oxygen atoms in total. The van der Waals surface area contributed by atoms with Gasteiger partial charge in [-0.2, -0.15) is 0 Å². The van der Waals surface area contributed by atoms with E-state index >= 15 is 0 Å². The van der Waals surface area contributed by atoms with E-state index in [0.717, 1.165) is 5.52 Å². The molecule has 1 aromatic heterocycles. The lowest BCUT2D eigenvalue weighted by atomic mass is 9.66. The van der Waals surface area contributed by atoms with Crippen molar-refractivity contribution in [3.63, 3.8) is 0 Å². The SMILES string of the molecule is CNC(=O)[C@@H]1[C@H]2C(=O)N([C@H](CO)c3ccccc3)C(C(=O)NCn3nnc4ccccc43)C23CC[C@@]1(C)O3. The van der Waals surface area contributed by atoms with Crippen molar-refractivity contribution < 1.29 is 24.2 Å². The Balaban J connectivity index is 1.40. The van der Waals surface area contributed by atoms with Gasteiger partial charge in [-0.05, 0) is 37.5 Å². The fraction of sp³-hybridized carbons (Fsp3) is 0.444. The maximum absolute atomic E-state index is 14.2. The zero-order chi connectivity index (χ0) is 26.7. The summed E-state index contributed by atoms with van der Waals surface area (Å²) in [6.07, 6.45) is 0.983. The van der Waals surface area contributed by atoms with E-state index in [2.05, 4.69) is 20.9 Å². The minimum absolute atomic E-state index is 0.0316. The first-order chi connectivity index (χ1) is 18.3. The number of amides is 3. The van der Waals surface area contributed by atoms with Gasteiger partial charge in [-0.3, -0.25) is 14.4 Å². The second-order valence-electron chi connectivity index (χ2n) is 10.5. The van der Waals surface area contributed by atoms with Crippen LogP contribution in [0.2, 0.25) is 0 Å². The number of aliphatic hydroxyl groups is 1. The van der Waals surface area contributed by atoms with Gasteiger partial charge in [0.05, 0.1) is 35.6 Å². The van der Waals surface area contributed by atoms with E-state index in [1.54, 1.807) is 4.68 Å². The number of benzene rings is 2. The molecule has 0 aliphatic carbocycles. The van der Waals surface area contributed by atoms with Crippen LogP contribution < -0.4 is 10.6 Å². The maximum Gasteiger partial charge on any atom is 0.247 e. The van der Waals surface area contributed by atoms with Crippen LogP contribution in [0.15, 0.2) is 54.6 Å². The highest BCUT2D eigenvalue weighted by Crippen LogP contribution is 2.64. The number of para-hydroxylation sites is 1. The van der Waals surface area contributed by atoms with Gasteiger partial charge in [0.15, 0.2) is 0 Å². The number of aliphatic hydroxyl groups excluding tert-OH is 1. The number of aromatic nitrogens is 3. The van der Waals surface area contributed by atoms with Crippen LogP contribution >= 0.6 is 0 Å². The van der Waals surface area contributed by atoms with Crippen molar-refractivity contribution in [2.45, 2.75) is 49.7 Å². The predicted octanol–water partition coefficient (Wildman–Crippen LogP) is 0.749. The Hall–Kier alpha value is -3.83. The molecule has 3 aliphatic heterocycles. The van der Waals surface area contributed by atoms with Crippen LogP contribution in [0.5, 0.6) is 0 Å². The van der Waals surface area contributed by atoms with Crippen LogP contribution in [0.4, 0.5) is 0 Å². The zero-order valence-corrected chi connectivity index (χ0v) is 21.2. The molecule has 0 radical (unpaired) electrons. The van der Waals surface area contributed by atoms with Crippen molar-refractivity contribution in [3.05, 3.63) is 60.2 Å². The molecule has 1 spiro atoms. The summed E-state index contributed by atoms with van der Waals surface area (Å²) in [5.74, 6) is -2.68.